The lowest BCUT2D eigenvalue weighted by Gasteiger charge is -2.05. The number of aryl methyl sites for hydroxylation is 1. The summed E-state index contributed by atoms with van der Waals surface area (Å²) in [7, 11) is 0. The van der Waals surface area contributed by atoms with Crippen LogP contribution < -0.4 is 4.80 Å². The van der Waals surface area contributed by atoms with E-state index in [9.17, 15) is 9.59 Å². The van der Waals surface area contributed by atoms with Crippen LogP contribution in [-0.4, -0.2) is 35.1 Å². The summed E-state index contributed by atoms with van der Waals surface area (Å²) in [5, 5.41) is 0.574. The lowest BCUT2D eigenvalue weighted by molar-refractivity contribution is -0.113. The first-order valence-corrected chi connectivity index (χ1v) is 11.9. The van der Waals surface area contributed by atoms with E-state index in [0.29, 0.717) is 28.5 Å². The molecule has 0 N–H and O–H groups in total. The topological polar surface area (TPSA) is 60.7 Å². The van der Waals surface area contributed by atoms with E-state index in [1.165, 1.54) is 17.4 Å². The molecule has 8 heteroatoms. The van der Waals surface area contributed by atoms with Gasteiger partial charge in [0.2, 0.25) is 0 Å². The number of halogens is 1. The van der Waals surface area contributed by atoms with E-state index in [-0.39, 0.29) is 11.9 Å². The minimum atomic E-state index is -0.370. The second-order valence-electron chi connectivity index (χ2n) is 6.24. The summed E-state index contributed by atoms with van der Waals surface area (Å²) in [5.41, 5.74) is 2.18. The number of benzene rings is 2. The summed E-state index contributed by atoms with van der Waals surface area (Å²) in [6, 6.07) is 12.7. The minimum Gasteiger partial charge on any atom is -0.462 e. The summed E-state index contributed by atoms with van der Waals surface area (Å²) in [5.74, 6) is 0.146. The monoisotopic (exact) mass is 460 g/mol. The fourth-order valence-corrected chi connectivity index (χ4v) is 4.47. The largest absolute Gasteiger partial charge is 0.462 e. The lowest BCUT2D eigenvalue weighted by atomic mass is 10.2. The Balaban J connectivity index is 1.98. The van der Waals surface area contributed by atoms with Crippen molar-refractivity contribution in [2.24, 2.45) is 4.99 Å². The first-order chi connectivity index (χ1) is 14.5. The molecule has 3 rings (SSSR count). The molecule has 0 atom stereocenters. The molecule has 1 aromatic heterocycles. The van der Waals surface area contributed by atoms with Crippen LogP contribution in [0.1, 0.15) is 22.8 Å². The normalized spacial score (nSPS) is 12.0. The maximum absolute atomic E-state index is 12.5. The summed E-state index contributed by atoms with van der Waals surface area (Å²) in [6.45, 7) is 2.80. The molecule has 0 spiro atoms. The quantitative estimate of drug-likeness (QED) is 0.366. The highest BCUT2D eigenvalue weighted by atomic mass is 35.5. The van der Waals surface area contributed by atoms with Gasteiger partial charge < -0.3 is 9.30 Å². The van der Waals surface area contributed by atoms with Crippen LogP contribution in [0.15, 0.2) is 53.5 Å². The van der Waals surface area contributed by atoms with E-state index in [4.69, 9.17) is 16.3 Å². The highest BCUT2D eigenvalue weighted by Crippen LogP contribution is 2.21. The Labute approximate surface area is 188 Å². The average Bonchev–Trinajstić information content (AvgIpc) is 3.07. The number of thioether (sulfide) groups is 1. The van der Waals surface area contributed by atoms with Gasteiger partial charge in [-0.3, -0.25) is 4.79 Å². The van der Waals surface area contributed by atoms with Gasteiger partial charge in [0.25, 0.3) is 5.91 Å². The molecule has 156 valence electrons. The number of fused-ring (bicyclic) bond motifs is 1. The standard InChI is InChI=1S/C22H21ClN2O3S2/c1-3-28-21(27)16-8-10-18-19(14-16)30-22(25(18)12-13-29-2)24-20(26)11-9-15-6-4-5-7-17(15)23/h4-11,14H,3,12-13H2,1-2H3/b11-9+,24-22?. The van der Waals surface area contributed by atoms with Crippen molar-refractivity contribution in [3.05, 3.63) is 69.5 Å². The van der Waals surface area contributed by atoms with Gasteiger partial charge in [0.1, 0.15) is 0 Å². The minimum absolute atomic E-state index is 0.321. The van der Waals surface area contributed by atoms with Crippen molar-refractivity contribution < 1.29 is 14.3 Å². The molecule has 30 heavy (non-hydrogen) atoms. The van der Waals surface area contributed by atoms with Crippen LogP contribution in [0.4, 0.5) is 0 Å². The number of ether oxygens (including phenoxy) is 1. The summed E-state index contributed by atoms with van der Waals surface area (Å²) in [6.07, 6.45) is 5.10. The second kappa shape index (κ2) is 10.6. The first-order valence-electron chi connectivity index (χ1n) is 9.34. The number of esters is 1. The molecule has 1 amide bonds. The third kappa shape index (κ3) is 5.41. The van der Waals surface area contributed by atoms with Gasteiger partial charge in [-0.15, -0.1) is 0 Å². The predicted octanol–water partition coefficient (Wildman–Crippen LogP) is 5.04. The number of nitrogens with zero attached hydrogens (tertiary/aromatic N) is 2. The van der Waals surface area contributed by atoms with Crippen molar-refractivity contribution >= 4 is 62.9 Å². The van der Waals surface area contributed by atoms with E-state index in [1.54, 1.807) is 43.0 Å². The third-order valence-electron chi connectivity index (χ3n) is 4.23. The van der Waals surface area contributed by atoms with Gasteiger partial charge in [0.05, 0.1) is 22.4 Å². The molecule has 0 unspecified atom stereocenters. The Morgan fingerprint density at radius 2 is 2.07 bits per heavy atom. The number of carbonyl (C=O) groups is 2. The van der Waals surface area contributed by atoms with E-state index in [2.05, 4.69) is 4.99 Å². The van der Waals surface area contributed by atoms with Crippen molar-refractivity contribution in [3.8, 4) is 0 Å². The highest BCUT2D eigenvalue weighted by molar-refractivity contribution is 7.98. The maximum atomic E-state index is 12.5. The van der Waals surface area contributed by atoms with Gasteiger partial charge in [0, 0.05) is 23.4 Å². The summed E-state index contributed by atoms with van der Waals surface area (Å²) in [4.78, 5) is 29.4. The zero-order chi connectivity index (χ0) is 21.5. The molecule has 0 bridgehead atoms. The SMILES string of the molecule is CCOC(=O)c1ccc2c(c1)sc(=NC(=O)/C=C/c1ccccc1Cl)n2CCSC. The van der Waals surface area contributed by atoms with Crippen LogP contribution in [-0.2, 0) is 16.1 Å². The Kier molecular flexibility index (Phi) is 7.90. The van der Waals surface area contributed by atoms with Crippen LogP contribution >= 0.6 is 34.7 Å². The zero-order valence-corrected chi connectivity index (χ0v) is 19.0. The van der Waals surface area contributed by atoms with Crippen LogP contribution in [0.25, 0.3) is 16.3 Å². The molecule has 2 aromatic carbocycles. The number of hydrogen-bond acceptors (Lipinski definition) is 5. The number of hydrogen-bond donors (Lipinski definition) is 0. The van der Waals surface area contributed by atoms with Crippen LogP contribution in [0, 0.1) is 0 Å². The number of aromatic nitrogens is 1. The Morgan fingerprint density at radius 3 is 2.80 bits per heavy atom. The molecular weight excluding hydrogens is 440 g/mol. The number of amides is 1. The Bertz CT molecular complexity index is 1160. The molecule has 0 aliphatic carbocycles. The number of rotatable bonds is 7. The van der Waals surface area contributed by atoms with Crippen molar-refractivity contribution in [2.45, 2.75) is 13.5 Å². The van der Waals surface area contributed by atoms with Crippen molar-refractivity contribution in [1.29, 1.82) is 0 Å². The Hall–Kier alpha value is -2.35. The molecule has 1 heterocycles. The molecule has 0 fully saturated rings. The van der Waals surface area contributed by atoms with Crippen LogP contribution in [0.2, 0.25) is 5.02 Å². The summed E-state index contributed by atoms with van der Waals surface area (Å²) < 4.78 is 7.97. The average molecular weight is 461 g/mol. The second-order valence-corrected chi connectivity index (χ2v) is 8.64. The maximum Gasteiger partial charge on any atom is 0.338 e. The fraction of sp³-hybridized carbons (Fsp3) is 0.227. The smallest absolute Gasteiger partial charge is 0.338 e. The van der Waals surface area contributed by atoms with E-state index < -0.39 is 0 Å². The van der Waals surface area contributed by atoms with Crippen molar-refractivity contribution in [1.82, 2.24) is 4.57 Å². The van der Waals surface area contributed by atoms with Crippen LogP contribution in [0.5, 0.6) is 0 Å². The molecule has 0 aliphatic heterocycles. The zero-order valence-electron chi connectivity index (χ0n) is 16.6. The van der Waals surface area contributed by atoms with Gasteiger partial charge in [-0.25, -0.2) is 4.79 Å². The van der Waals surface area contributed by atoms with Crippen molar-refractivity contribution in [3.63, 3.8) is 0 Å². The molecule has 0 aliphatic rings. The van der Waals surface area contributed by atoms with Gasteiger partial charge in [-0.1, -0.05) is 41.1 Å². The molecule has 3 aromatic rings. The van der Waals surface area contributed by atoms with Crippen molar-refractivity contribution in [2.75, 3.05) is 18.6 Å². The molecule has 0 saturated carbocycles. The fourth-order valence-electron chi connectivity index (χ4n) is 2.80. The molecule has 0 saturated heterocycles. The van der Waals surface area contributed by atoms with E-state index in [1.807, 2.05) is 35.1 Å². The lowest BCUT2D eigenvalue weighted by Crippen LogP contribution is -2.17. The summed E-state index contributed by atoms with van der Waals surface area (Å²) >= 11 is 9.22. The molecule has 0 radical (unpaired) electrons. The predicted molar refractivity (Wildman–Crippen MR) is 125 cm³/mol. The van der Waals surface area contributed by atoms with Gasteiger partial charge in [-0.05, 0) is 49.1 Å². The van der Waals surface area contributed by atoms with Gasteiger partial charge in [-0.2, -0.15) is 16.8 Å². The number of thiazole rings is 1. The highest BCUT2D eigenvalue weighted by Gasteiger charge is 2.12. The first kappa shape index (κ1) is 22.3. The van der Waals surface area contributed by atoms with Gasteiger partial charge >= 0.3 is 5.97 Å². The molecular formula is C22H21ClN2O3S2. The third-order valence-corrected chi connectivity index (χ3v) is 6.21. The Morgan fingerprint density at radius 1 is 1.27 bits per heavy atom. The number of carbonyl (C=O) groups excluding carboxylic acids is 2. The van der Waals surface area contributed by atoms with Crippen LogP contribution in [0.3, 0.4) is 0 Å². The van der Waals surface area contributed by atoms with E-state index in [0.717, 1.165) is 21.5 Å². The van der Waals surface area contributed by atoms with Gasteiger partial charge in [0.15, 0.2) is 4.80 Å². The van der Waals surface area contributed by atoms with E-state index >= 15 is 0 Å². The molecule has 5 nitrogen and oxygen atoms in total.